The summed E-state index contributed by atoms with van der Waals surface area (Å²) in [5, 5.41) is 18.0. The van der Waals surface area contributed by atoms with Crippen LogP contribution < -0.4 is 4.90 Å². The molecule has 4 aromatic rings. The Labute approximate surface area is 226 Å². The Bertz CT molecular complexity index is 1580. The molecule has 2 unspecified atom stereocenters. The molecule has 1 aliphatic carbocycles. The lowest BCUT2D eigenvalue weighted by atomic mass is 9.98. The molecule has 3 atom stereocenters. The number of carboxylic acid groups (broad SMARTS) is 1. The van der Waals surface area contributed by atoms with E-state index in [0.717, 1.165) is 50.4 Å². The molecule has 2 bridgehead atoms. The van der Waals surface area contributed by atoms with Crippen molar-refractivity contribution in [1.82, 2.24) is 19.8 Å². The van der Waals surface area contributed by atoms with Crippen LogP contribution in [-0.2, 0) is 17.5 Å². The number of fused-ring (bicyclic) bond motifs is 3. The monoisotopic (exact) mass is 553 g/mol. The molecular weight excluding hydrogens is 527 g/mol. The number of hydrogen-bond donors (Lipinski definition) is 1. The van der Waals surface area contributed by atoms with Gasteiger partial charge in [0.15, 0.2) is 11.3 Å². The third-order valence-corrected chi connectivity index (χ3v) is 8.20. The van der Waals surface area contributed by atoms with Gasteiger partial charge in [0, 0.05) is 29.1 Å². The Morgan fingerprint density at radius 1 is 1.07 bits per heavy atom. The van der Waals surface area contributed by atoms with Crippen molar-refractivity contribution in [2.45, 2.75) is 75.4 Å². The van der Waals surface area contributed by atoms with E-state index in [1.54, 1.807) is 12.1 Å². The van der Waals surface area contributed by atoms with Crippen molar-refractivity contribution in [2.24, 2.45) is 0 Å². The van der Waals surface area contributed by atoms with Crippen LogP contribution in [0.5, 0.6) is 0 Å². The number of aromatic carboxylic acids is 1. The highest BCUT2D eigenvalue weighted by Gasteiger charge is 2.43. The van der Waals surface area contributed by atoms with Crippen molar-refractivity contribution >= 4 is 17.4 Å². The zero-order valence-electron chi connectivity index (χ0n) is 21.3. The summed E-state index contributed by atoms with van der Waals surface area (Å²) in [4.78, 5) is 17.6. The molecule has 0 amide bonds. The molecule has 5 heterocycles. The Balaban J connectivity index is 1.10. The number of rotatable bonds is 7. The number of anilines is 1. The largest absolute Gasteiger partial charge is 0.476 e. The van der Waals surface area contributed by atoms with Crippen LogP contribution in [0.15, 0.2) is 47.1 Å². The number of carboxylic acids is 1. The molecule has 1 saturated carbocycles. The summed E-state index contributed by atoms with van der Waals surface area (Å²) in [6.45, 7) is 0.137. The van der Waals surface area contributed by atoms with E-state index in [2.05, 4.69) is 20.1 Å². The fourth-order valence-corrected chi connectivity index (χ4v) is 6.23. The van der Waals surface area contributed by atoms with E-state index in [4.69, 9.17) is 9.26 Å². The average molecular weight is 554 g/mol. The highest BCUT2D eigenvalue weighted by Crippen LogP contribution is 2.46. The molecule has 3 aliphatic rings. The zero-order chi connectivity index (χ0) is 27.6. The predicted octanol–water partition coefficient (Wildman–Crippen LogP) is 5.70. The number of ether oxygens (including phenoxy) is 1. The number of aromatic nitrogens is 4. The zero-order valence-corrected chi connectivity index (χ0v) is 21.3. The van der Waals surface area contributed by atoms with Gasteiger partial charge in [-0.2, -0.15) is 13.2 Å². The Hall–Kier alpha value is -3.93. The lowest BCUT2D eigenvalue weighted by Gasteiger charge is -2.39. The molecule has 0 spiro atoms. The Kier molecular flexibility index (Phi) is 5.84. The second-order valence-corrected chi connectivity index (χ2v) is 10.8. The van der Waals surface area contributed by atoms with E-state index in [1.165, 1.54) is 22.8 Å². The molecule has 0 radical (unpaired) electrons. The van der Waals surface area contributed by atoms with Gasteiger partial charge in [-0.3, -0.25) is 0 Å². The fourth-order valence-electron chi connectivity index (χ4n) is 6.23. The van der Waals surface area contributed by atoms with Gasteiger partial charge in [0.2, 0.25) is 0 Å². The van der Waals surface area contributed by atoms with Crippen LogP contribution in [0.4, 0.5) is 19.0 Å². The topological polar surface area (TPSA) is 106 Å². The van der Waals surface area contributed by atoms with Gasteiger partial charge in [-0.25, -0.2) is 14.3 Å². The molecule has 7 rings (SSSR count). The van der Waals surface area contributed by atoms with E-state index in [1.807, 2.05) is 6.07 Å². The van der Waals surface area contributed by atoms with E-state index in [-0.39, 0.29) is 47.7 Å². The fraction of sp³-hybridized carbons (Fsp3) is 0.429. The first-order chi connectivity index (χ1) is 19.3. The minimum Gasteiger partial charge on any atom is -0.476 e. The van der Waals surface area contributed by atoms with E-state index in [0.29, 0.717) is 17.0 Å². The Morgan fingerprint density at radius 2 is 1.82 bits per heavy atom. The second kappa shape index (κ2) is 9.33. The number of alkyl halides is 3. The number of carbonyl (C=O) groups is 1. The smallest absolute Gasteiger partial charge is 0.417 e. The lowest BCUT2D eigenvalue weighted by Crippen LogP contribution is -2.46. The molecule has 208 valence electrons. The molecule has 12 heteroatoms. The van der Waals surface area contributed by atoms with Crippen molar-refractivity contribution < 1.29 is 32.3 Å². The minimum absolute atomic E-state index is 0.00571. The van der Waals surface area contributed by atoms with Crippen LogP contribution in [-0.4, -0.2) is 49.0 Å². The van der Waals surface area contributed by atoms with Gasteiger partial charge in [-0.15, -0.1) is 5.10 Å². The molecule has 1 N–H and O–H groups in total. The maximum absolute atomic E-state index is 13.8. The van der Waals surface area contributed by atoms with Gasteiger partial charge in [0.25, 0.3) is 0 Å². The third-order valence-electron chi connectivity index (χ3n) is 8.20. The predicted molar refractivity (Wildman–Crippen MR) is 136 cm³/mol. The standard InChI is InChI=1S/C28H26F3N5O4/c29-28(30,31)21-4-2-1-3-19(21)25-20(26(40-34-25)15-5-6-15)14-39-18-11-16-7-8-17(12-18)36(16)24-10-9-23-32-22(27(37)38)13-35(23)33-24/h1-4,9-10,13,15-18H,5-8,11-12,14H2,(H,37,38)/t16-,17?,18?/m0/s1. The molecule has 40 heavy (non-hydrogen) atoms. The van der Waals surface area contributed by atoms with Crippen LogP contribution in [0.2, 0.25) is 0 Å². The van der Waals surface area contributed by atoms with Crippen LogP contribution in [0.1, 0.15) is 71.8 Å². The van der Waals surface area contributed by atoms with E-state index < -0.39 is 17.7 Å². The maximum atomic E-state index is 13.8. The summed E-state index contributed by atoms with van der Waals surface area (Å²) in [5.74, 6) is 0.453. The minimum atomic E-state index is -4.51. The molecule has 2 aliphatic heterocycles. The van der Waals surface area contributed by atoms with Crippen molar-refractivity contribution in [3.63, 3.8) is 0 Å². The molecule has 2 saturated heterocycles. The van der Waals surface area contributed by atoms with Crippen LogP contribution in [0.25, 0.3) is 16.9 Å². The maximum Gasteiger partial charge on any atom is 0.417 e. The molecule has 1 aromatic carbocycles. The molecule has 3 fully saturated rings. The first-order valence-electron chi connectivity index (χ1n) is 13.4. The summed E-state index contributed by atoms with van der Waals surface area (Å²) >= 11 is 0. The molecule has 9 nitrogen and oxygen atoms in total. The first-order valence-corrected chi connectivity index (χ1v) is 13.4. The van der Waals surface area contributed by atoms with Gasteiger partial charge >= 0.3 is 12.1 Å². The number of piperidine rings is 1. The lowest BCUT2D eigenvalue weighted by molar-refractivity contribution is -0.137. The van der Waals surface area contributed by atoms with Crippen molar-refractivity contribution in [3.05, 3.63) is 65.2 Å². The van der Waals surface area contributed by atoms with Gasteiger partial charge < -0.3 is 19.3 Å². The SMILES string of the molecule is O=C(O)c1cn2nc(N3C4CC[C@H]3CC(OCc3c(-c5ccccc5C(F)(F)F)noc3C3CC3)C4)ccc2n1. The highest BCUT2D eigenvalue weighted by molar-refractivity contribution is 5.86. The summed E-state index contributed by atoms with van der Waals surface area (Å²) in [7, 11) is 0. The quantitative estimate of drug-likeness (QED) is 0.311. The average Bonchev–Trinajstić information content (AvgIpc) is 3.43. The Morgan fingerprint density at radius 3 is 2.52 bits per heavy atom. The number of hydrogen-bond acceptors (Lipinski definition) is 7. The summed E-state index contributed by atoms with van der Waals surface area (Å²) < 4.78 is 54.8. The number of benzene rings is 1. The van der Waals surface area contributed by atoms with Gasteiger partial charge in [0.05, 0.1) is 24.5 Å². The summed E-state index contributed by atoms with van der Waals surface area (Å²) in [6.07, 6.45) is 2.11. The number of nitrogens with zero attached hydrogens (tertiary/aromatic N) is 5. The van der Waals surface area contributed by atoms with Crippen LogP contribution in [0, 0.1) is 0 Å². The third kappa shape index (κ3) is 4.40. The van der Waals surface area contributed by atoms with Crippen LogP contribution in [0.3, 0.4) is 0 Å². The van der Waals surface area contributed by atoms with Crippen molar-refractivity contribution in [1.29, 1.82) is 0 Å². The van der Waals surface area contributed by atoms with Crippen molar-refractivity contribution in [3.8, 4) is 11.3 Å². The molecular formula is C28H26F3N5O4. The van der Waals surface area contributed by atoms with Gasteiger partial charge in [-0.05, 0) is 56.7 Å². The second-order valence-electron chi connectivity index (χ2n) is 10.8. The number of imidazole rings is 1. The first kappa shape index (κ1) is 25.1. The van der Waals surface area contributed by atoms with Crippen LogP contribution >= 0.6 is 0 Å². The highest BCUT2D eigenvalue weighted by atomic mass is 19.4. The van der Waals surface area contributed by atoms with E-state index >= 15 is 0 Å². The van der Waals surface area contributed by atoms with Gasteiger partial charge in [-0.1, -0.05) is 23.4 Å². The van der Waals surface area contributed by atoms with Crippen molar-refractivity contribution in [2.75, 3.05) is 4.90 Å². The van der Waals surface area contributed by atoms with E-state index in [9.17, 15) is 23.1 Å². The number of halogens is 3. The summed E-state index contributed by atoms with van der Waals surface area (Å²) in [6, 6.07) is 9.45. The summed E-state index contributed by atoms with van der Waals surface area (Å²) in [5.41, 5.74) is 0.484. The van der Waals surface area contributed by atoms with Gasteiger partial charge in [0.1, 0.15) is 17.3 Å². The normalized spacial score (nSPS) is 22.8. The molecule has 3 aromatic heterocycles.